The summed E-state index contributed by atoms with van der Waals surface area (Å²) in [5, 5.41) is 12.5. The quantitative estimate of drug-likeness (QED) is 0.205. The van der Waals surface area contributed by atoms with Gasteiger partial charge in [0.15, 0.2) is 0 Å². The first kappa shape index (κ1) is 26.3. The molecule has 0 N–H and O–H groups in total. The number of anilines is 2. The summed E-state index contributed by atoms with van der Waals surface area (Å²) in [6, 6.07) is 52.2. The molecule has 2 atom stereocenters. The van der Waals surface area contributed by atoms with Crippen LogP contribution in [0.3, 0.4) is 0 Å². The van der Waals surface area contributed by atoms with E-state index in [1.165, 1.54) is 27.7 Å². The van der Waals surface area contributed by atoms with Crippen LogP contribution in [0.25, 0.3) is 49.7 Å². The summed E-state index contributed by atoms with van der Waals surface area (Å²) in [6.07, 6.45) is 8.96. The van der Waals surface area contributed by atoms with Gasteiger partial charge in [-0.3, -0.25) is 0 Å². The number of rotatable bonds is 4. The van der Waals surface area contributed by atoms with Crippen LogP contribution in [0, 0.1) is 11.3 Å². The van der Waals surface area contributed by atoms with Gasteiger partial charge in [0, 0.05) is 33.8 Å². The van der Waals surface area contributed by atoms with E-state index in [1.807, 2.05) is 24.3 Å². The molecule has 1 aromatic heterocycles. The molecule has 0 fully saturated rings. The molecule has 0 spiro atoms. The molecule has 0 bridgehead atoms. The maximum Gasteiger partial charge on any atom is 0.0998 e. The summed E-state index contributed by atoms with van der Waals surface area (Å²) in [4.78, 5) is 2.47. The van der Waals surface area contributed by atoms with Crippen LogP contribution in [0.2, 0.25) is 0 Å². The van der Waals surface area contributed by atoms with Gasteiger partial charge in [0.25, 0.3) is 0 Å². The van der Waals surface area contributed by atoms with Crippen molar-refractivity contribution in [3.05, 3.63) is 175 Å². The zero-order valence-electron chi connectivity index (χ0n) is 25.1. The number of hydrogen-bond donors (Lipinski definition) is 0. The smallest absolute Gasteiger partial charge is 0.0998 e. The highest BCUT2D eigenvalue weighted by Crippen LogP contribution is 2.47. The van der Waals surface area contributed by atoms with E-state index in [2.05, 4.69) is 155 Å². The fraction of sp³-hybridized carbons (Fsp3) is 0.0465. The summed E-state index contributed by atoms with van der Waals surface area (Å²) >= 11 is 0. The van der Waals surface area contributed by atoms with E-state index < -0.39 is 0 Å². The molecule has 6 aromatic carbocycles. The van der Waals surface area contributed by atoms with E-state index in [9.17, 15) is 5.26 Å². The van der Waals surface area contributed by atoms with Gasteiger partial charge in [-0.1, -0.05) is 109 Å². The number of para-hydroxylation sites is 3. The summed E-state index contributed by atoms with van der Waals surface area (Å²) in [5.74, 6) is 0.353. The van der Waals surface area contributed by atoms with E-state index in [4.69, 9.17) is 0 Å². The Bertz CT molecular complexity index is 2350. The highest BCUT2D eigenvalue weighted by Gasteiger charge is 2.36. The van der Waals surface area contributed by atoms with Crippen molar-refractivity contribution < 1.29 is 0 Å². The maximum absolute atomic E-state index is 10.0. The Hall–Kier alpha value is -6.11. The Morgan fingerprint density at radius 3 is 1.98 bits per heavy atom. The van der Waals surface area contributed by atoms with Crippen LogP contribution in [0.5, 0.6) is 0 Å². The number of hydrogen-bond acceptors (Lipinski definition) is 2. The highest BCUT2D eigenvalue weighted by atomic mass is 15.2. The summed E-state index contributed by atoms with van der Waals surface area (Å²) in [5.41, 5.74) is 12.1. The number of nitriles is 1. The topological polar surface area (TPSA) is 32.0 Å². The Balaban J connectivity index is 1.21. The van der Waals surface area contributed by atoms with E-state index in [-0.39, 0.29) is 6.04 Å². The predicted octanol–water partition coefficient (Wildman–Crippen LogP) is 10.7. The van der Waals surface area contributed by atoms with Crippen molar-refractivity contribution in [3.63, 3.8) is 0 Å². The molecule has 2 aliphatic rings. The molecule has 0 saturated carbocycles. The van der Waals surface area contributed by atoms with Crippen molar-refractivity contribution in [1.82, 2.24) is 4.57 Å². The van der Waals surface area contributed by atoms with Crippen LogP contribution in [0.1, 0.15) is 17.0 Å². The van der Waals surface area contributed by atoms with Crippen molar-refractivity contribution in [2.75, 3.05) is 4.90 Å². The van der Waals surface area contributed by atoms with Crippen LogP contribution < -0.4 is 4.90 Å². The van der Waals surface area contributed by atoms with Crippen molar-refractivity contribution in [2.45, 2.75) is 12.0 Å². The van der Waals surface area contributed by atoms with Crippen molar-refractivity contribution in [2.24, 2.45) is 0 Å². The Morgan fingerprint density at radius 1 is 0.543 bits per heavy atom. The molecule has 46 heavy (non-hydrogen) atoms. The normalized spacial score (nSPS) is 16.5. The number of aromatic nitrogens is 1. The molecular weight excluding hydrogens is 558 g/mol. The minimum Gasteiger partial charge on any atom is -0.333 e. The lowest BCUT2D eigenvalue weighted by Gasteiger charge is -2.28. The highest BCUT2D eigenvalue weighted by molar-refractivity contribution is 6.09. The molecule has 2 unspecified atom stereocenters. The number of fused-ring (bicyclic) bond motifs is 6. The second-order valence-electron chi connectivity index (χ2n) is 12.1. The molecule has 0 amide bonds. The van der Waals surface area contributed by atoms with Gasteiger partial charge >= 0.3 is 0 Å². The number of nitrogens with zero attached hydrogens (tertiary/aromatic N) is 3. The minimum absolute atomic E-state index is 0.265. The van der Waals surface area contributed by atoms with E-state index >= 15 is 0 Å². The fourth-order valence-electron chi connectivity index (χ4n) is 7.50. The lowest BCUT2D eigenvalue weighted by atomic mass is 9.91. The predicted molar refractivity (Wildman–Crippen MR) is 190 cm³/mol. The lowest BCUT2D eigenvalue weighted by Crippen LogP contribution is -2.28. The third kappa shape index (κ3) is 4.05. The van der Waals surface area contributed by atoms with Gasteiger partial charge in [-0.2, -0.15) is 5.26 Å². The van der Waals surface area contributed by atoms with Gasteiger partial charge in [0.05, 0.1) is 28.7 Å². The number of benzene rings is 6. The first-order valence-electron chi connectivity index (χ1n) is 15.8. The molecule has 0 radical (unpaired) electrons. The van der Waals surface area contributed by atoms with E-state index in [0.29, 0.717) is 11.5 Å². The molecule has 1 aliphatic heterocycles. The fourth-order valence-corrected chi connectivity index (χ4v) is 7.50. The third-order valence-corrected chi connectivity index (χ3v) is 9.55. The van der Waals surface area contributed by atoms with Crippen LogP contribution >= 0.6 is 0 Å². The Labute approximate surface area is 268 Å². The van der Waals surface area contributed by atoms with Crippen LogP contribution in [0.4, 0.5) is 11.4 Å². The second-order valence-corrected chi connectivity index (χ2v) is 12.1. The molecule has 0 saturated heterocycles. The van der Waals surface area contributed by atoms with E-state index in [0.717, 1.165) is 39.0 Å². The minimum atomic E-state index is 0.265. The molecule has 1 aliphatic carbocycles. The van der Waals surface area contributed by atoms with Crippen molar-refractivity contribution in [3.8, 4) is 34.0 Å². The second kappa shape index (κ2) is 10.5. The van der Waals surface area contributed by atoms with Gasteiger partial charge < -0.3 is 9.47 Å². The monoisotopic (exact) mass is 587 g/mol. The zero-order valence-corrected chi connectivity index (χ0v) is 25.1. The summed E-state index contributed by atoms with van der Waals surface area (Å²) < 4.78 is 2.35. The van der Waals surface area contributed by atoms with Gasteiger partial charge in [-0.05, 0) is 82.4 Å². The lowest BCUT2D eigenvalue weighted by molar-refractivity contribution is 0.745. The molecule has 216 valence electrons. The number of allylic oxidation sites excluding steroid dienone is 2. The van der Waals surface area contributed by atoms with Crippen LogP contribution in [0.15, 0.2) is 164 Å². The van der Waals surface area contributed by atoms with E-state index in [1.54, 1.807) is 0 Å². The van der Waals surface area contributed by atoms with Crippen molar-refractivity contribution >= 4 is 33.2 Å². The van der Waals surface area contributed by atoms with Gasteiger partial charge in [-0.25, -0.2) is 0 Å². The third-order valence-electron chi connectivity index (χ3n) is 9.55. The maximum atomic E-state index is 10.0. The van der Waals surface area contributed by atoms with Crippen LogP contribution in [-0.4, -0.2) is 10.6 Å². The molecule has 2 heterocycles. The Morgan fingerprint density at radius 2 is 1.20 bits per heavy atom. The SMILES string of the molecule is N#Cc1ccccc1-c1cc(-c2ccc(N3c4ccccc4C4C=CC=CC43)cc2)cc(-n2c3ccccc3c3ccccc32)c1. The van der Waals surface area contributed by atoms with Gasteiger partial charge in [-0.15, -0.1) is 0 Å². The molecule has 7 aromatic rings. The standard InChI is InChI=1S/C43H29N3/c44-28-30-11-1-2-12-35(30)32-25-31(26-34(27-32)46-42-19-9-5-15-38(42)39-16-6-10-20-43(39)46)29-21-23-33(24-22-29)45-40-17-7-3-13-36(40)37-14-4-8-18-41(37)45/h1-27,36,40H. The first-order chi connectivity index (χ1) is 22.8. The summed E-state index contributed by atoms with van der Waals surface area (Å²) in [7, 11) is 0. The molecular formula is C43H29N3. The average Bonchev–Trinajstić information content (AvgIpc) is 3.65. The summed E-state index contributed by atoms with van der Waals surface area (Å²) in [6.45, 7) is 0. The molecule has 9 rings (SSSR count). The van der Waals surface area contributed by atoms with Gasteiger partial charge in [0.2, 0.25) is 0 Å². The Kier molecular flexibility index (Phi) is 6.01. The average molecular weight is 588 g/mol. The van der Waals surface area contributed by atoms with Crippen molar-refractivity contribution in [1.29, 1.82) is 5.26 Å². The largest absolute Gasteiger partial charge is 0.333 e. The first-order valence-corrected chi connectivity index (χ1v) is 15.8. The zero-order chi connectivity index (χ0) is 30.6. The molecule has 3 nitrogen and oxygen atoms in total. The van der Waals surface area contributed by atoms with Gasteiger partial charge in [0.1, 0.15) is 0 Å². The van der Waals surface area contributed by atoms with Crippen LogP contribution in [-0.2, 0) is 0 Å². The molecule has 3 heteroatoms.